The van der Waals surface area contributed by atoms with E-state index >= 15 is 0 Å². The van der Waals surface area contributed by atoms with Gasteiger partial charge in [-0.1, -0.05) is 17.2 Å². The Labute approximate surface area is 193 Å². The lowest BCUT2D eigenvalue weighted by Crippen LogP contribution is -2.31. The number of rotatable bonds is 5. The Kier molecular flexibility index (Phi) is 5.88. The minimum absolute atomic E-state index is 0.249. The van der Waals surface area contributed by atoms with Crippen molar-refractivity contribution < 1.29 is 14.3 Å². The number of carbonyl (C=O) groups excluding carboxylic acids is 1. The van der Waals surface area contributed by atoms with Gasteiger partial charge in [-0.05, 0) is 82.0 Å². The van der Waals surface area contributed by atoms with E-state index in [1.807, 2.05) is 51.1 Å². The summed E-state index contributed by atoms with van der Waals surface area (Å²) in [6.07, 6.45) is 0. The molecule has 0 spiro atoms. The summed E-state index contributed by atoms with van der Waals surface area (Å²) in [5.74, 6) is 1.28. The zero-order valence-electron chi connectivity index (χ0n) is 18.4. The van der Waals surface area contributed by atoms with Gasteiger partial charge in [-0.2, -0.15) is 4.68 Å². The van der Waals surface area contributed by atoms with Crippen LogP contribution in [0.2, 0.25) is 0 Å². The van der Waals surface area contributed by atoms with E-state index in [4.69, 9.17) is 9.47 Å². The minimum Gasteiger partial charge on any atom is -0.493 e. The van der Waals surface area contributed by atoms with Crippen molar-refractivity contribution in [2.24, 2.45) is 0 Å². The van der Waals surface area contributed by atoms with Gasteiger partial charge in [0.15, 0.2) is 11.5 Å². The summed E-state index contributed by atoms with van der Waals surface area (Å²) < 4.78 is 13.2. The Morgan fingerprint density at radius 1 is 1.19 bits per heavy atom. The maximum atomic E-state index is 13.6. The standard InChI is InChI=1S/C22H23BrN6O3/c1-11-7-6-8-16(12(11)2)25-21(30)18-13(3)24-22-26-27-28-29(22)19(18)14-9-15(23)20(32-5)17(10-14)31-4/h6-10,19H,1-5H3,(H,25,30)(H,24,26,28). The number of carbonyl (C=O) groups is 1. The normalized spacial score (nSPS) is 15.1. The first-order valence-corrected chi connectivity index (χ1v) is 10.7. The van der Waals surface area contributed by atoms with Gasteiger partial charge in [-0.15, -0.1) is 0 Å². The van der Waals surface area contributed by atoms with Gasteiger partial charge in [0.1, 0.15) is 6.04 Å². The molecule has 9 nitrogen and oxygen atoms in total. The number of aromatic nitrogens is 4. The van der Waals surface area contributed by atoms with Gasteiger partial charge in [-0.25, -0.2) is 0 Å². The molecule has 2 aromatic carbocycles. The molecule has 0 saturated carbocycles. The van der Waals surface area contributed by atoms with Crippen molar-refractivity contribution in [3.8, 4) is 11.5 Å². The summed E-state index contributed by atoms with van der Waals surface area (Å²) in [4.78, 5) is 13.6. The zero-order valence-corrected chi connectivity index (χ0v) is 19.9. The third-order valence-electron chi connectivity index (χ3n) is 5.58. The number of hydrogen-bond acceptors (Lipinski definition) is 7. The smallest absolute Gasteiger partial charge is 0.255 e. The highest BCUT2D eigenvalue weighted by Gasteiger charge is 2.35. The number of aryl methyl sites for hydroxylation is 1. The molecule has 0 saturated heterocycles. The van der Waals surface area contributed by atoms with Crippen LogP contribution in [0.3, 0.4) is 0 Å². The second-order valence-corrected chi connectivity index (χ2v) is 8.31. The molecule has 2 heterocycles. The first-order chi connectivity index (χ1) is 15.3. The van der Waals surface area contributed by atoms with Crippen molar-refractivity contribution in [1.82, 2.24) is 20.2 Å². The zero-order chi connectivity index (χ0) is 23.0. The van der Waals surface area contributed by atoms with Crippen LogP contribution >= 0.6 is 15.9 Å². The number of ether oxygens (including phenoxy) is 2. The fraction of sp³-hybridized carbons (Fsp3) is 0.273. The molecule has 2 N–H and O–H groups in total. The van der Waals surface area contributed by atoms with Gasteiger partial charge in [0.25, 0.3) is 5.91 Å². The van der Waals surface area contributed by atoms with Crippen LogP contribution in [0, 0.1) is 13.8 Å². The monoisotopic (exact) mass is 498 g/mol. The fourth-order valence-corrected chi connectivity index (χ4v) is 4.41. The summed E-state index contributed by atoms with van der Waals surface area (Å²) in [5.41, 5.74) is 4.77. The molecular weight excluding hydrogens is 476 g/mol. The Bertz CT molecular complexity index is 1240. The number of allylic oxidation sites excluding steroid dienone is 1. The van der Waals surface area contributed by atoms with Gasteiger partial charge < -0.3 is 20.1 Å². The predicted molar refractivity (Wildman–Crippen MR) is 124 cm³/mol. The fourth-order valence-electron chi connectivity index (χ4n) is 3.79. The molecule has 3 aromatic rings. The number of benzene rings is 2. The third-order valence-corrected chi connectivity index (χ3v) is 6.17. The second-order valence-electron chi connectivity index (χ2n) is 7.45. The number of hydrogen-bond donors (Lipinski definition) is 2. The highest BCUT2D eigenvalue weighted by atomic mass is 79.9. The topological polar surface area (TPSA) is 103 Å². The van der Waals surface area contributed by atoms with Crippen LogP contribution in [0.1, 0.15) is 29.7 Å². The number of nitrogens with one attached hydrogen (secondary N) is 2. The summed E-state index contributed by atoms with van der Waals surface area (Å²) in [5, 5.41) is 18.2. The van der Waals surface area contributed by atoms with Gasteiger partial charge in [0.05, 0.1) is 24.3 Å². The van der Waals surface area contributed by atoms with Gasteiger partial charge >= 0.3 is 0 Å². The quantitative estimate of drug-likeness (QED) is 0.547. The second kappa shape index (κ2) is 8.62. The Morgan fingerprint density at radius 3 is 2.69 bits per heavy atom. The lowest BCUT2D eigenvalue weighted by atomic mass is 9.94. The van der Waals surface area contributed by atoms with Crippen LogP contribution < -0.4 is 20.1 Å². The van der Waals surface area contributed by atoms with Crippen LogP contribution in [-0.4, -0.2) is 40.3 Å². The Morgan fingerprint density at radius 2 is 1.97 bits per heavy atom. The van der Waals surface area contributed by atoms with Crippen LogP contribution in [0.5, 0.6) is 11.5 Å². The number of methoxy groups -OCH3 is 2. The van der Waals surface area contributed by atoms with Crippen molar-refractivity contribution in [1.29, 1.82) is 0 Å². The third kappa shape index (κ3) is 3.70. The molecular formula is C22H23BrN6O3. The lowest BCUT2D eigenvalue weighted by Gasteiger charge is -2.28. The number of anilines is 2. The molecule has 32 heavy (non-hydrogen) atoms. The largest absolute Gasteiger partial charge is 0.493 e. The minimum atomic E-state index is -0.581. The molecule has 1 aliphatic heterocycles. The van der Waals surface area contributed by atoms with Crippen molar-refractivity contribution in [2.45, 2.75) is 26.8 Å². The number of tetrazole rings is 1. The first kappa shape index (κ1) is 21.8. The maximum absolute atomic E-state index is 13.6. The molecule has 1 aromatic heterocycles. The average molecular weight is 499 g/mol. The van der Waals surface area contributed by atoms with Crippen molar-refractivity contribution >= 4 is 33.5 Å². The van der Waals surface area contributed by atoms with E-state index in [1.54, 1.807) is 18.9 Å². The van der Waals surface area contributed by atoms with Gasteiger partial charge in [0.2, 0.25) is 5.95 Å². The molecule has 166 valence electrons. The number of halogens is 1. The molecule has 1 amide bonds. The van der Waals surface area contributed by atoms with E-state index in [2.05, 4.69) is 42.1 Å². The van der Waals surface area contributed by atoms with Crippen LogP contribution in [0.25, 0.3) is 0 Å². The van der Waals surface area contributed by atoms with E-state index in [1.165, 1.54) is 0 Å². The molecule has 0 bridgehead atoms. The maximum Gasteiger partial charge on any atom is 0.255 e. The molecule has 1 unspecified atom stereocenters. The van der Waals surface area contributed by atoms with Crippen LogP contribution in [0.4, 0.5) is 11.6 Å². The summed E-state index contributed by atoms with van der Waals surface area (Å²) >= 11 is 3.54. The number of amides is 1. The highest BCUT2D eigenvalue weighted by Crippen LogP contribution is 2.42. The summed E-state index contributed by atoms with van der Waals surface area (Å²) in [6.45, 7) is 5.82. The molecule has 4 rings (SSSR count). The number of nitrogens with zero attached hydrogens (tertiary/aromatic N) is 4. The molecule has 0 fully saturated rings. The van der Waals surface area contributed by atoms with Gasteiger partial charge in [0, 0.05) is 11.4 Å². The summed E-state index contributed by atoms with van der Waals surface area (Å²) in [7, 11) is 3.13. The Hall–Kier alpha value is -3.40. The van der Waals surface area contributed by atoms with E-state index in [-0.39, 0.29) is 5.91 Å². The lowest BCUT2D eigenvalue weighted by molar-refractivity contribution is -0.113. The van der Waals surface area contributed by atoms with Crippen molar-refractivity contribution in [2.75, 3.05) is 24.9 Å². The van der Waals surface area contributed by atoms with Crippen LogP contribution in [0.15, 0.2) is 46.1 Å². The van der Waals surface area contributed by atoms with E-state index in [0.29, 0.717) is 33.2 Å². The highest BCUT2D eigenvalue weighted by molar-refractivity contribution is 9.10. The van der Waals surface area contributed by atoms with Crippen molar-refractivity contribution in [3.05, 3.63) is 62.8 Å². The summed E-state index contributed by atoms with van der Waals surface area (Å²) in [6, 6.07) is 8.93. The molecule has 10 heteroatoms. The van der Waals surface area contributed by atoms with E-state index < -0.39 is 6.04 Å². The Balaban J connectivity index is 1.83. The van der Waals surface area contributed by atoms with Crippen molar-refractivity contribution in [3.63, 3.8) is 0 Å². The first-order valence-electron chi connectivity index (χ1n) is 9.90. The molecule has 0 radical (unpaired) electrons. The molecule has 0 aliphatic carbocycles. The number of fused-ring (bicyclic) bond motifs is 1. The van der Waals surface area contributed by atoms with E-state index in [9.17, 15) is 4.79 Å². The predicted octanol–water partition coefficient (Wildman–Crippen LogP) is 4.00. The molecule has 1 atom stereocenters. The average Bonchev–Trinajstić information content (AvgIpc) is 3.23. The van der Waals surface area contributed by atoms with E-state index in [0.717, 1.165) is 22.4 Å². The van der Waals surface area contributed by atoms with Gasteiger partial charge in [-0.3, -0.25) is 4.79 Å². The van der Waals surface area contributed by atoms with Crippen LogP contribution in [-0.2, 0) is 4.79 Å². The molecule has 1 aliphatic rings. The SMILES string of the molecule is COc1cc(C2C(C(=O)Nc3cccc(C)c3C)=C(C)Nc3nnnn32)cc(Br)c1OC.